The predicted molar refractivity (Wildman–Crippen MR) is 164 cm³/mol. The molecule has 36 heavy (non-hydrogen) atoms. The molecule has 4 heteroatoms. The van der Waals surface area contributed by atoms with E-state index in [1.54, 1.807) is 35.3 Å². The third kappa shape index (κ3) is 6.55. The van der Waals surface area contributed by atoms with Crippen LogP contribution in [0.25, 0.3) is 9.81 Å². The summed E-state index contributed by atoms with van der Waals surface area (Å²) in [6.07, 6.45) is 0. The van der Waals surface area contributed by atoms with Gasteiger partial charge in [-0.1, -0.05) is 132 Å². The summed E-state index contributed by atoms with van der Waals surface area (Å²) in [6.45, 7) is 0. The Bertz CT molecular complexity index is 1500. The molecule has 0 radical (unpaired) electrons. The van der Waals surface area contributed by atoms with Gasteiger partial charge in [-0.3, -0.25) is 0 Å². The van der Waals surface area contributed by atoms with Crippen molar-refractivity contribution in [3.8, 4) is 22.3 Å². The topological polar surface area (TPSA) is 0 Å². The summed E-state index contributed by atoms with van der Waals surface area (Å²) in [5, 5.41) is 6.66. The molecule has 1 aliphatic heterocycles. The van der Waals surface area contributed by atoms with E-state index < -0.39 is 0 Å². The SMILES string of the molecule is C(#Cc1ccccc1)SC1=C(c2ccccc2)S/C(=C(/SC#Cc2ccccc2)c2ccccc2)S1. The van der Waals surface area contributed by atoms with Crippen LogP contribution in [0.15, 0.2) is 130 Å². The first-order valence-corrected chi connectivity index (χ1v) is 14.5. The van der Waals surface area contributed by atoms with Crippen molar-refractivity contribution in [1.82, 2.24) is 0 Å². The minimum absolute atomic E-state index is 1.02. The fourth-order valence-electron chi connectivity index (χ4n) is 3.33. The number of hydrogen-bond donors (Lipinski definition) is 0. The van der Waals surface area contributed by atoms with Gasteiger partial charge in [0, 0.05) is 20.9 Å². The molecular weight excluding hydrogens is 513 g/mol. The molecule has 1 heterocycles. The lowest BCUT2D eigenvalue weighted by molar-refractivity contribution is 1.65. The second-order valence-corrected chi connectivity index (χ2v) is 11.8. The molecule has 0 atom stereocenters. The maximum absolute atomic E-state index is 3.34. The summed E-state index contributed by atoms with van der Waals surface area (Å²) in [7, 11) is 0. The van der Waals surface area contributed by atoms with Crippen molar-refractivity contribution in [1.29, 1.82) is 0 Å². The summed E-state index contributed by atoms with van der Waals surface area (Å²) in [5.41, 5.74) is 4.43. The average molecular weight is 533 g/mol. The minimum atomic E-state index is 1.02. The minimum Gasteiger partial charge on any atom is -0.0790 e. The van der Waals surface area contributed by atoms with Crippen LogP contribution in [0.2, 0.25) is 0 Å². The van der Waals surface area contributed by atoms with Gasteiger partial charge in [-0.25, -0.2) is 0 Å². The molecule has 0 spiro atoms. The Kier molecular flexibility index (Phi) is 8.68. The monoisotopic (exact) mass is 532 g/mol. The van der Waals surface area contributed by atoms with Crippen LogP contribution in [0.1, 0.15) is 22.3 Å². The second-order valence-electron chi connectivity index (χ2n) is 7.56. The molecular formula is C32H20S4. The number of benzene rings is 4. The maximum atomic E-state index is 3.34. The van der Waals surface area contributed by atoms with E-state index in [9.17, 15) is 0 Å². The van der Waals surface area contributed by atoms with E-state index in [0.29, 0.717) is 0 Å². The largest absolute Gasteiger partial charge is 0.0790 e. The van der Waals surface area contributed by atoms with E-state index in [2.05, 4.69) is 83.0 Å². The lowest BCUT2D eigenvalue weighted by Crippen LogP contribution is -1.81. The Morgan fingerprint density at radius 2 is 1.08 bits per heavy atom. The lowest BCUT2D eigenvalue weighted by Gasteiger charge is -2.08. The van der Waals surface area contributed by atoms with E-state index in [1.807, 2.05) is 72.4 Å². The molecule has 0 amide bonds. The van der Waals surface area contributed by atoms with Crippen molar-refractivity contribution in [2.24, 2.45) is 0 Å². The molecule has 0 saturated carbocycles. The van der Waals surface area contributed by atoms with Crippen molar-refractivity contribution in [3.63, 3.8) is 0 Å². The van der Waals surface area contributed by atoms with E-state index in [-0.39, 0.29) is 0 Å². The van der Waals surface area contributed by atoms with Gasteiger partial charge in [0.15, 0.2) is 0 Å². The van der Waals surface area contributed by atoms with Gasteiger partial charge in [0.05, 0.1) is 8.47 Å². The normalized spacial score (nSPS) is 13.9. The predicted octanol–water partition coefficient (Wildman–Crippen LogP) is 9.60. The highest BCUT2D eigenvalue weighted by molar-refractivity contribution is 8.39. The van der Waals surface area contributed by atoms with Crippen LogP contribution < -0.4 is 0 Å². The maximum Gasteiger partial charge on any atom is 0.0731 e. The molecule has 4 aromatic rings. The Labute approximate surface area is 230 Å². The van der Waals surface area contributed by atoms with Crippen LogP contribution in [0.3, 0.4) is 0 Å². The fourth-order valence-corrected chi connectivity index (χ4v) is 8.10. The zero-order valence-corrected chi connectivity index (χ0v) is 22.4. The number of thioether (sulfide) groups is 4. The molecule has 0 aromatic heterocycles. The van der Waals surface area contributed by atoms with Gasteiger partial charge in [-0.2, -0.15) is 0 Å². The molecule has 0 nitrogen and oxygen atoms in total. The highest BCUT2D eigenvalue weighted by Gasteiger charge is 2.26. The van der Waals surface area contributed by atoms with Gasteiger partial charge >= 0.3 is 0 Å². The van der Waals surface area contributed by atoms with Crippen molar-refractivity contribution in [3.05, 3.63) is 152 Å². The Balaban J connectivity index is 1.49. The van der Waals surface area contributed by atoms with Crippen LogP contribution in [0.4, 0.5) is 0 Å². The molecule has 0 bridgehead atoms. The molecule has 1 aliphatic rings. The highest BCUT2D eigenvalue weighted by Crippen LogP contribution is 2.60. The van der Waals surface area contributed by atoms with Crippen LogP contribution in [-0.4, -0.2) is 0 Å². The third-order valence-electron chi connectivity index (χ3n) is 5.06. The lowest BCUT2D eigenvalue weighted by atomic mass is 10.2. The van der Waals surface area contributed by atoms with Gasteiger partial charge in [-0.05, 0) is 69.4 Å². The first kappa shape index (κ1) is 24.6. The van der Waals surface area contributed by atoms with Gasteiger partial charge in [0.2, 0.25) is 0 Å². The van der Waals surface area contributed by atoms with Crippen LogP contribution >= 0.6 is 47.0 Å². The number of hydrogen-bond acceptors (Lipinski definition) is 4. The summed E-state index contributed by atoms with van der Waals surface area (Å²) in [4.78, 5) is 2.42. The summed E-state index contributed by atoms with van der Waals surface area (Å²) in [6, 6.07) is 41.3. The summed E-state index contributed by atoms with van der Waals surface area (Å²) >= 11 is 6.80. The zero-order chi connectivity index (χ0) is 24.4. The zero-order valence-electron chi connectivity index (χ0n) is 19.2. The van der Waals surface area contributed by atoms with E-state index in [4.69, 9.17) is 0 Å². The van der Waals surface area contributed by atoms with Crippen LogP contribution in [-0.2, 0) is 0 Å². The van der Waals surface area contributed by atoms with Crippen molar-refractivity contribution in [2.45, 2.75) is 0 Å². The first-order chi connectivity index (χ1) is 17.9. The summed E-state index contributed by atoms with van der Waals surface area (Å²) in [5.74, 6) is 6.58. The Morgan fingerprint density at radius 1 is 0.556 bits per heavy atom. The van der Waals surface area contributed by atoms with E-state index in [0.717, 1.165) is 11.1 Å². The Hall–Kier alpha value is -3.12. The number of rotatable bonds is 4. The van der Waals surface area contributed by atoms with Crippen molar-refractivity contribution >= 4 is 56.9 Å². The van der Waals surface area contributed by atoms with Gasteiger partial charge < -0.3 is 0 Å². The quantitative estimate of drug-likeness (QED) is 0.240. The van der Waals surface area contributed by atoms with Crippen LogP contribution in [0.5, 0.6) is 0 Å². The highest BCUT2D eigenvalue weighted by atomic mass is 32.2. The van der Waals surface area contributed by atoms with Crippen LogP contribution in [0, 0.1) is 22.3 Å². The average Bonchev–Trinajstić information content (AvgIpc) is 3.37. The molecule has 0 unspecified atom stereocenters. The van der Waals surface area contributed by atoms with Gasteiger partial charge in [0.25, 0.3) is 0 Å². The van der Waals surface area contributed by atoms with Gasteiger partial charge in [-0.15, -0.1) is 0 Å². The smallest absolute Gasteiger partial charge is 0.0731 e. The fraction of sp³-hybridized carbons (Fsp3) is 0. The molecule has 4 aromatic carbocycles. The molecule has 5 rings (SSSR count). The second kappa shape index (κ2) is 12.7. The summed E-state index contributed by atoms with van der Waals surface area (Å²) < 4.78 is 2.44. The molecule has 0 aliphatic carbocycles. The van der Waals surface area contributed by atoms with Gasteiger partial charge in [0.1, 0.15) is 0 Å². The molecule has 0 fully saturated rings. The molecule has 0 N–H and O–H groups in total. The third-order valence-corrected chi connectivity index (χ3v) is 9.83. The molecule has 0 saturated heterocycles. The first-order valence-electron chi connectivity index (χ1n) is 11.3. The Morgan fingerprint density at radius 3 is 1.69 bits per heavy atom. The standard InChI is InChI=1S/C32H20S4/c1-5-13-25(14-6-1)21-23-33-29(27-17-9-3-10-18-27)32-35-30(28-19-11-4-12-20-28)31(36-32)34-24-22-26-15-7-2-8-16-26/h1-20H/b32-29-. The van der Waals surface area contributed by atoms with E-state index >= 15 is 0 Å². The van der Waals surface area contributed by atoms with Crippen molar-refractivity contribution in [2.75, 3.05) is 0 Å². The molecule has 172 valence electrons. The van der Waals surface area contributed by atoms with Crippen molar-refractivity contribution < 1.29 is 0 Å². The van der Waals surface area contributed by atoms with E-state index in [1.165, 1.54) is 29.4 Å².